The SMILES string of the molecule is CC(C)(C)Sc1ccnc2ccccc12.CC(C)Sc1cccc(Cl)c1Cl.CC(C)Sc1cccc2ncsc12.CC(C)Sc1ccnc(Cl)c1Cl.CC(C)Sc1ccnc(N)c1Cl.CC(C)c1cccc(Cl)c1Cl.Cn1c(=O)cc(SC(C)(C)C)c2ccccc21. The maximum atomic E-state index is 11.9. The summed E-state index contributed by atoms with van der Waals surface area (Å²) in [4.78, 5) is 35.1. The minimum absolute atomic E-state index is 0.0513. The van der Waals surface area contributed by atoms with Crippen molar-refractivity contribution in [2.75, 3.05) is 5.73 Å². The lowest BCUT2D eigenvalue weighted by Crippen LogP contribution is -2.17. The molecule has 92 heavy (non-hydrogen) atoms. The van der Waals surface area contributed by atoms with Gasteiger partial charge in [-0.2, -0.15) is 0 Å². The Kier molecular flexibility index (Phi) is 35.3. The molecule has 5 aromatic heterocycles. The van der Waals surface area contributed by atoms with Gasteiger partial charge in [0.05, 0.1) is 56.9 Å². The number of benzene rings is 5. The minimum Gasteiger partial charge on any atom is -0.382 e. The first-order valence-corrected chi connectivity index (χ1v) is 38.2. The first-order chi connectivity index (χ1) is 43.2. The monoisotopic (exact) mass is 1500 g/mol. The van der Waals surface area contributed by atoms with Gasteiger partial charge < -0.3 is 10.3 Å². The van der Waals surface area contributed by atoms with Gasteiger partial charge in [-0.05, 0) is 72.1 Å². The number of halogens is 7. The molecule has 10 aromatic rings. The molecule has 0 atom stereocenters. The van der Waals surface area contributed by atoms with Gasteiger partial charge in [-0.15, -0.1) is 81.9 Å². The Morgan fingerprint density at radius 2 is 0.913 bits per heavy atom. The van der Waals surface area contributed by atoms with Gasteiger partial charge >= 0.3 is 0 Å². The lowest BCUT2D eigenvalue weighted by molar-refractivity contribution is 0.802. The van der Waals surface area contributed by atoms with E-state index >= 15 is 0 Å². The molecule has 0 saturated heterocycles. The number of thioether (sulfide) groups is 6. The number of hydrogen-bond donors (Lipinski definition) is 1. The second kappa shape index (κ2) is 39.9. The van der Waals surface area contributed by atoms with Crippen LogP contribution in [0.4, 0.5) is 5.82 Å². The van der Waals surface area contributed by atoms with Crippen molar-refractivity contribution in [1.82, 2.24) is 24.5 Å². The molecule has 2 N–H and O–H groups in total. The number of thiazole rings is 1. The number of hydrogen-bond acceptors (Lipinski definition) is 13. The number of pyridine rings is 4. The van der Waals surface area contributed by atoms with Gasteiger partial charge in [0.2, 0.25) is 0 Å². The van der Waals surface area contributed by atoms with Crippen LogP contribution < -0.4 is 11.3 Å². The summed E-state index contributed by atoms with van der Waals surface area (Å²) in [5.74, 6) is 0.837. The fourth-order valence-corrected chi connectivity index (χ4v) is 16.2. The van der Waals surface area contributed by atoms with Gasteiger partial charge in [-0.25, -0.2) is 15.0 Å². The van der Waals surface area contributed by atoms with Crippen LogP contribution in [0.5, 0.6) is 0 Å². The Labute approximate surface area is 611 Å². The van der Waals surface area contributed by atoms with E-state index in [1.807, 2.05) is 103 Å². The summed E-state index contributed by atoms with van der Waals surface area (Å²) in [6.07, 6.45) is 5.22. The largest absolute Gasteiger partial charge is 0.382 e. The van der Waals surface area contributed by atoms with Crippen LogP contribution >= 0.6 is 163 Å². The molecule has 0 spiro atoms. The Morgan fingerprint density at radius 1 is 0.457 bits per heavy atom. The highest BCUT2D eigenvalue weighted by Crippen LogP contribution is 2.40. The Bertz CT molecular complexity index is 3840. The van der Waals surface area contributed by atoms with E-state index in [0.29, 0.717) is 68.0 Å². The second-order valence-corrected chi connectivity index (χ2v) is 37.3. The van der Waals surface area contributed by atoms with Crippen molar-refractivity contribution in [3.05, 3.63) is 203 Å². The van der Waals surface area contributed by atoms with Crippen molar-refractivity contribution in [1.29, 1.82) is 0 Å². The summed E-state index contributed by atoms with van der Waals surface area (Å²) in [7, 11) is 1.82. The number of anilines is 1. The first-order valence-electron chi connectivity index (χ1n) is 29.5. The molecule has 5 aromatic carbocycles. The minimum atomic E-state index is 0.0513. The number of nitrogen functional groups attached to an aromatic ring is 1. The van der Waals surface area contributed by atoms with Gasteiger partial charge in [-0.1, -0.05) is 253 Å². The predicted molar refractivity (Wildman–Crippen MR) is 421 cm³/mol. The Hall–Kier alpha value is -3.16. The third kappa shape index (κ3) is 28.1. The number of para-hydroxylation sites is 2. The molecule has 0 aliphatic carbocycles. The van der Waals surface area contributed by atoms with Crippen molar-refractivity contribution in [2.24, 2.45) is 7.05 Å². The summed E-state index contributed by atoms with van der Waals surface area (Å²) in [5, 5.41) is 8.67. The summed E-state index contributed by atoms with van der Waals surface area (Å²) in [5.41, 5.74) is 11.8. The molecule has 0 saturated carbocycles. The average molecular weight is 1510 g/mol. The highest BCUT2D eigenvalue weighted by Gasteiger charge is 2.17. The molecule has 5 heterocycles. The van der Waals surface area contributed by atoms with Crippen LogP contribution in [0.1, 0.15) is 122 Å². The quantitative estimate of drug-likeness (QED) is 0.0986. The molecule has 0 unspecified atom stereocenters. The van der Waals surface area contributed by atoms with Gasteiger partial charge in [0.15, 0.2) is 0 Å². The zero-order valence-corrected chi connectivity index (χ0v) is 66.1. The van der Waals surface area contributed by atoms with Crippen LogP contribution in [-0.2, 0) is 7.05 Å². The first kappa shape index (κ1) is 81.3. The lowest BCUT2D eigenvalue weighted by atomic mass is 10.0. The van der Waals surface area contributed by atoms with Crippen LogP contribution in [0, 0.1) is 0 Å². The molecule has 21 heteroatoms. The maximum Gasteiger partial charge on any atom is 0.251 e. The van der Waals surface area contributed by atoms with E-state index in [9.17, 15) is 4.79 Å². The van der Waals surface area contributed by atoms with Crippen molar-refractivity contribution < 1.29 is 0 Å². The number of nitrogens with zero attached hydrogens (tertiary/aromatic N) is 5. The summed E-state index contributed by atoms with van der Waals surface area (Å²) < 4.78 is 3.36. The second-order valence-electron chi connectivity index (χ2n) is 23.6. The van der Waals surface area contributed by atoms with Crippen LogP contribution in [0.25, 0.3) is 32.0 Å². The number of nitrogens with two attached hydrogens (primary N) is 1. The Morgan fingerprint density at radius 3 is 1.49 bits per heavy atom. The van der Waals surface area contributed by atoms with Crippen molar-refractivity contribution in [3.8, 4) is 0 Å². The highest BCUT2D eigenvalue weighted by atomic mass is 35.5. The molecule has 0 aliphatic rings. The van der Waals surface area contributed by atoms with Crippen LogP contribution in [-0.4, -0.2) is 55.0 Å². The van der Waals surface area contributed by atoms with E-state index in [-0.39, 0.29) is 15.1 Å². The maximum absolute atomic E-state index is 11.9. The summed E-state index contributed by atoms with van der Waals surface area (Å²) in [6.45, 7) is 34.5. The molecule has 0 amide bonds. The molecule has 10 rings (SSSR count). The lowest BCUT2D eigenvalue weighted by Gasteiger charge is -2.19. The topological polar surface area (TPSA) is 99.6 Å². The molecule has 7 nitrogen and oxygen atoms in total. The van der Waals surface area contributed by atoms with Gasteiger partial charge in [0.1, 0.15) is 11.0 Å². The number of rotatable bonds is 11. The highest BCUT2D eigenvalue weighted by molar-refractivity contribution is 8.01. The molecule has 0 aliphatic heterocycles. The normalized spacial score (nSPS) is 11.2. The smallest absolute Gasteiger partial charge is 0.251 e. The van der Waals surface area contributed by atoms with Crippen molar-refractivity contribution in [2.45, 2.75) is 177 Å². The fraction of sp³-hybridized carbons (Fsp3) is 0.338. The molecule has 0 bridgehead atoms. The molecule has 0 fully saturated rings. The standard InChI is InChI=1S/C14H17NOS.C13H15NS.C10H11NS2.C9H10Cl2S.C9H10Cl2.C8H9Cl2NS.C8H11ClN2S/c1-14(2,3)17-12-9-13(16)15(4)11-8-6-5-7-10(11)12;1-13(2,3)15-12-8-9-14-11-7-5-4-6-10(11)12;1-7(2)13-9-5-3-4-8-10(9)12-6-11-8;1-6(2)12-8-5-3-4-7(10)9(8)11;1-6(2)7-4-3-5-8(10)9(7)11;2*1-5(2)12-6-3-4-11-8(10)7(6)9/h5-9H,1-4H3;4-9H,1-3H3;3-7H,1-2H3;3-6H,1-2H3;3-6H,1-2H3;3-5H,1-2H3;3-5H,1-2H3,(H2,10,11). The van der Waals surface area contributed by atoms with E-state index in [2.05, 4.69) is 179 Å². The molecular weight excluding hydrogens is 1430 g/mol. The zero-order valence-electron chi connectivity index (χ0n) is 55.0. The van der Waals surface area contributed by atoms with Gasteiger partial charge in [0.25, 0.3) is 5.56 Å². The number of aryl methyl sites for hydroxylation is 1. The van der Waals surface area contributed by atoms with E-state index in [1.165, 1.54) is 19.9 Å². The van der Waals surface area contributed by atoms with E-state index in [4.69, 9.17) is 86.9 Å². The van der Waals surface area contributed by atoms with Crippen molar-refractivity contribution in [3.63, 3.8) is 0 Å². The summed E-state index contributed by atoms with van der Waals surface area (Å²) in [6, 6.07) is 41.6. The summed E-state index contributed by atoms with van der Waals surface area (Å²) >= 11 is 53.6. The van der Waals surface area contributed by atoms with E-state index in [1.54, 1.807) is 93.5 Å². The average Bonchev–Trinajstić information content (AvgIpc) is 0.939. The van der Waals surface area contributed by atoms with Gasteiger partial charge in [0, 0.05) is 102 Å². The zero-order chi connectivity index (χ0) is 68.6. The third-order valence-corrected chi connectivity index (χ3v) is 22.3. The molecule has 0 radical (unpaired) electrons. The molecular formula is C71H83Cl7N6OS7. The number of aromatic nitrogens is 5. The number of fused-ring (bicyclic) bond motifs is 3. The predicted octanol–water partition coefficient (Wildman–Crippen LogP) is 26.7. The molecule has 494 valence electrons. The third-order valence-electron chi connectivity index (χ3n) is 11.5. The van der Waals surface area contributed by atoms with Crippen LogP contribution in [0.3, 0.4) is 0 Å². The Balaban J connectivity index is 0.000000230. The fourth-order valence-electron chi connectivity index (χ4n) is 7.82. The van der Waals surface area contributed by atoms with Crippen LogP contribution in [0.2, 0.25) is 35.3 Å². The van der Waals surface area contributed by atoms with E-state index < -0.39 is 0 Å². The van der Waals surface area contributed by atoms with Crippen LogP contribution in [0.15, 0.2) is 186 Å². The van der Waals surface area contributed by atoms with Crippen molar-refractivity contribution >= 4 is 201 Å². The van der Waals surface area contributed by atoms with Gasteiger partial charge in [-0.3, -0.25) is 9.78 Å². The van der Waals surface area contributed by atoms with E-state index in [0.717, 1.165) is 47.1 Å².